The summed E-state index contributed by atoms with van der Waals surface area (Å²) in [6.07, 6.45) is 1.14. The van der Waals surface area contributed by atoms with E-state index in [4.69, 9.17) is 28.5 Å². The van der Waals surface area contributed by atoms with E-state index in [0.717, 1.165) is 23.1 Å². The van der Waals surface area contributed by atoms with Crippen molar-refractivity contribution >= 4 is 5.97 Å². The molecule has 1 aromatic heterocycles. The number of hydrogen-bond acceptors (Lipinski definition) is 8. The molecule has 0 aliphatic carbocycles. The van der Waals surface area contributed by atoms with Crippen LogP contribution in [0.1, 0.15) is 27.5 Å². The lowest BCUT2D eigenvalue weighted by atomic mass is 10.1. The van der Waals surface area contributed by atoms with Gasteiger partial charge in [0.2, 0.25) is 12.7 Å². The standard InChI is InChI=1S/C22H22N2O7/c1-27-16-4-6-18(28-2)15(8-16)10-24(11-21-23-17(12-29-21)22(25)26)9-14-3-5-19-20(7-14)31-13-30-19/h3-8,12H,9-11,13H2,1-2H3,(H,25,26). The summed E-state index contributed by atoms with van der Waals surface area (Å²) in [5.74, 6) is 2.01. The van der Waals surface area contributed by atoms with E-state index in [0.29, 0.717) is 42.8 Å². The fourth-order valence-electron chi connectivity index (χ4n) is 3.38. The Morgan fingerprint density at radius 1 is 1.06 bits per heavy atom. The van der Waals surface area contributed by atoms with Crippen LogP contribution in [0.25, 0.3) is 0 Å². The van der Waals surface area contributed by atoms with Gasteiger partial charge in [-0.2, -0.15) is 0 Å². The van der Waals surface area contributed by atoms with Gasteiger partial charge in [-0.25, -0.2) is 9.78 Å². The summed E-state index contributed by atoms with van der Waals surface area (Å²) in [6.45, 7) is 1.52. The predicted octanol–water partition coefficient (Wildman–Crippen LogP) is 3.32. The van der Waals surface area contributed by atoms with Crippen molar-refractivity contribution in [3.8, 4) is 23.0 Å². The number of nitrogens with zero attached hydrogens (tertiary/aromatic N) is 2. The summed E-state index contributed by atoms with van der Waals surface area (Å²) in [5.41, 5.74) is 1.78. The van der Waals surface area contributed by atoms with Crippen LogP contribution in [0, 0.1) is 0 Å². The van der Waals surface area contributed by atoms with Crippen LogP contribution in [0.15, 0.2) is 47.1 Å². The van der Waals surface area contributed by atoms with Gasteiger partial charge in [0, 0.05) is 18.7 Å². The van der Waals surface area contributed by atoms with E-state index < -0.39 is 5.97 Å². The highest BCUT2D eigenvalue weighted by Crippen LogP contribution is 2.33. The van der Waals surface area contributed by atoms with E-state index in [1.807, 2.05) is 36.4 Å². The van der Waals surface area contributed by atoms with Gasteiger partial charge in [0.25, 0.3) is 0 Å². The molecule has 1 N–H and O–H groups in total. The van der Waals surface area contributed by atoms with Crippen molar-refractivity contribution in [3.63, 3.8) is 0 Å². The summed E-state index contributed by atoms with van der Waals surface area (Å²) >= 11 is 0. The van der Waals surface area contributed by atoms with Gasteiger partial charge in [-0.15, -0.1) is 0 Å². The van der Waals surface area contributed by atoms with Crippen molar-refractivity contribution in [2.45, 2.75) is 19.6 Å². The van der Waals surface area contributed by atoms with Crippen molar-refractivity contribution in [3.05, 3.63) is 65.4 Å². The molecule has 2 heterocycles. The second kappa shape index (κ2) is 8.97. The quantitative estimate of drug-likeness (QED) is 0.552. The van der Waals surface area contributed by atoms with E-state index >= 15 is 0 Å². The molecular formula is C22H22N2O7. The first kappa shape index (κ1) is 20.5. The Hall–Kier alpha value is -3.72. The second-order valence-electron chi connectivity index (χ2n) is 6.94. The van der Waals surface area contributed by atoms with Gasteiger partial charge in [-0.05, 0) is 35.9 Å². The molecule has 0 saturated carbocycles. The van der Waals surface area contributed by atoms with Gasteiger partial charge in [0.15, 0.2) is 17.2 Å². The molecule has 0 radical (unpaired) electrons. The number of ether oxygens (including phenoxy) is 4. The minimum absolute atomic E-state index is 0.128. The first-order valence-corrected chi connectivity index (χ1v) is 9.55. The smallest absolute Gasteiger partial charge is 0.357 e. The predicted molar refractivity (Wildman–Crippen MR) is 109 cm³/mol. The summed E-state index contributed by atoms with van der Waals surface area (Å²) < 4.78 is 27.1. The number of carboxylic acid groups (broad SMARTS) is 1. The fourth-order valence-corrected chi connectivity index (χ4v) is 3.38. The largest absolute Gasteiger partial charge is 0.497 e. The van der Waals surface area contributed by atoms with Gasteiger partial charge in [-0.3, -0.25) is 4.90 Å². The number of aromatic carboxylic acids is 1. The van der Waals surface area contributed by atoms with Crippen LogP contribution in [-0.4, -0.2) is 42.0 Å². The Bertz CT molecular complexity index is 1080. The number of carboxylic acids is 1. The Morgan fingerprint density at radius 2 is 1.90 bits per heavy atom. The number of fused-ring (bicyclic) bond motifs is 1. The van der Waals surface area contributed by atoms with Crippen molar-refractivity contribution < 1.29 is 33.3 Å². The summed E-state index contributed by atoms with van der Waals surface area (Å²) in [4.78, 5) is 17.3. The zero-order valence-electron chi connectivity index (χ0n) is 17.2. The summed E-state index contributed by atoms with van der Waals surface area (Å²) in [7, 11) is 3.22. The lowest BCUT2D eigenvalue weighted by Crippen LogP contribution is -2.23. The average Bonchev–Trinajstić information content (AvgIpc) is 3.42. The SMILES string of the molecule is COc1ccc(OC)c(CN(Cc2ccc3c(c2)OCO3)Cc2nc(C(=O)O)co2)c1. The van der Waals surface area contributed by atoms with E-state index in [2.05, 4.69) is 9.88 Å². The number of carbonyl (C=O) groups is 1. The molecule has 1 aliphatic heterocycles. The normalized spacial score (nSPS) is 12.2. The number of methoxy groups -OCH3 is 2. The van der Waals surface area contributed by atoms with Crippen LogP contribution >= 0.6 is 0 Å². The molecular weight excluding hydrogens is 404 g/mol. The third-order valence-corrected chi connectivity index (χ3v) is 4.85. The molecule has 0 unspecified atom stereocenters. The Morgan fingerprint density at radius 3 is 2.65 bits per heavy atom. The van der Waals surface area contributed by atoms with Crippen LogP contribution in [-0.2, 0) is 19.6 Å². The molecule has 9 heteroatoms. The van der Waals surface area contributed by atoms with Crippen LogP contribution in [0.5, 0.6) is 23.0 Å². The number of rotatable bonds is 9. The zero-order valence-corrected chi connectivity index (χ0v) is 17.2. The Labute approximate surface area is 178 Å². The number of aromatic nitrogens is 1. The van der Waals surface area contributed by atoms with E-state index in [1.54, 1.807) is 14.2 Å². The van der Waals surface area contributed by atoms with Crippen LogP contribution in [0.4, 0.5) is 0 Å². The minimum Gasteiger partial charge on any atom is -0.497 e. The highest BCUT2D eigenvalue weighted by atomic mass is 16.7. The van der Waals surface area contributed by atoms with Gasteiger partial charge >= 0.3 is 5.97 Å². The second-order valence-corrected chi connectivity index (χ2v) is 6.94. The van der Waals surface area contributed by atoms with Crippen molar-refractivity contribution in [2.75, 3.05) is 21.0 Å². The molecule has 0 spiro atoms. The molecule has 9 nitrogen and oxygen atoms in total. The van der Waals surface area contributed by atoms with Gasteiger partial charge < -0.3 is 28.5 Å². The van der Waals surface area contributed by atoms with Crippen molar-refractivity contribution in [1.82, 2.24) is 9.88 Å². The average molecular weight is 426 g/mol. The molecule has 162 valence electrons. The van der Waals surface area contributed by atoms with Crippen molar-refractivity contribution in [2.24, 2.45) is 0 Å². The van der Waals surface area contributed by atoms with E-state index in [-0.39, 0.29) is 12.5 Å². The number of benzene rings is 2. The van der Waals surface area contributed by atoms with Gasteiger partial charge in [-0.1, -0.05) is 6.07 Å². The number of hydrogen-bond donors (Lipinski definition) is 1. The molecule has 0 fully saturated rings. The molecule has 1 aliphatic rings. The van der Waals surface area contributed by atoms with Crippen LogP contribution in [0.2, 0.25) is 0 Å². The minimum atomic E-state index is -1.13. The van der Waals surface area contributed by atoms with E-state index in [1.165, 1.54) is 0 Å². The zero-order chi connectivity index (χ0) is 21.8. The molecule has 3 aromatic rings. The fraction of sp³-hybridized carbons (Fsp3) is 0.273. The maximum absolute atomic E-state index is 11.2. The molecule has 0 atom stereocenters. The van der Waals surface area contributed by atoms with Crippen LogP contribution < -0.4 is 18.9 Å². The highest BCUT2D eigenvalue weighted by Gasteiger charge is 2.19. The first-order chi connectivity index (χ1) is 15.1. The van der Waals surface area contributed by atoms with Crippen molar-refractivity contribution in [1.29, 1.82) is 0 Å². The topological polar surface area (TPSA) is 103 Å². The molecule has 0 bridgehead atoms. The van der Waals surface area contributed by atoms with E-state index in [9.17, 15) is 4.79 Å². The Kier molecular flexibility index (Phi) is 5.94. The monoisotopic (exact) mass is 426 g/mol. The molecule has 2 aromatic carbocycles. The number of oxazole rings is 1. The molecule has 31 heavy (non-hydrogen) atoms. The van der Waals surface area contributed by atoms with Crippen LogP contribution in [0.3, 0.4) is 0 Å². The summed E-state index contributed by atoms with van der Waals surface area (Å²) in [5, 5.41) is 9.13. The third kappa shape index (κ3) is 4.72. The maximum atomic E-state index is 11.2. The molecule has 4 rings (SSSR count). The molecule has 0 saturated heterocycles. The van der Waals surface area contributed by atoms with Gasteiger partial charge in [0.1, 0.15) is 17.8 Å². The Balaban J connectivity index is 1.61. The summed E-state index contributed by atoms with van der Waals surface area (Å²) in [6, 6.07) is 11.3. The highest BCUT2D eigenvalue weighted by molar-refractivity contribution is 5.84. The maximum Gasteiger partial charge on any atom is 0.357 e. The lowest BCUT2D eigenvalue weighted by molar-refractivity contribution is 0.0690. The third-order valence-electron chi connectivity index (χ3n) is 4.85. The lowest BCUT2D eigenvalue weighted by Gasteiger charge is -2.22. The molecule has 0 amide bonds. The first-order valence-electron chi connectivity index (χ1n) is 9.55. The van der Waals surface area contributed by atoms with Gasteiger partial charge in [0.05, 0.1) is 20.8 Å².